The third-order valence-electron chi connectivity index (χ3n) is 4.28. The minimum Gasteiger partial charge on any atom is -0.355 e. The Labute approximate surface area is 126 Å². The Morgan fingerprint density at radius 2 is 1.57 bits per heavy atom. The zero-order chi connectivity index (χ0) is 14.5. The highest BCUT2D eigenvalue weighted by atomic mass is 16.2. The first-order valence-corrected chi connectivity index (χ1v) is 7.69. The van der Waals surface area contributed by atoms with E-state index in [1.807, 2.05) is 24.3 Å². The van der Waals surface area contributed by atoms with E-state index in [1.54, 1.807) is 0 Å². The van der Waals surface area contributed by atoms with Gasteiger partial charge in [-0.05, 0) is 36.8 Å². The van der Waals surface area contributed by atoms with Crippen molar-refractivity contribution in [1.29, 1.82) is 0 Å². The smallest absolute Gasteiger partial charge is 0.230 e. The van der Waals surface area contributed by atoms with Crippen LogP contribution in [0.2, 0.25) is 0 Å². The molecule has 2 aromatic rings. The third-order valence-corrected chi connectivity index (χ3v) is 4.28. The topological polar surface area (TPSA) is 29.1 Å². The highest BCUT2D eigenvalue weighted by molar-refractivity contribution is 5.91. The fraction of sp³-hybridized carbons (Fsp3) is 0.316. The highest BCUT2D eigenvalue weighted by Gasteiger charge is 2.50. The van der Waals surface area contributed by atoms with Crippen molar-refractivity contribution in [2.45, 2.75) is 31.1 Å². The Hall–Kier alpha value is -2.09. The van der Waals surface area contributed by atoms with E-state index in [1.165, 1.54) is 5.56 Å². The number of benzene rings is 2. The zero-order valence-corrected chi connectivity index (χ0v) is 12.2. The standard InChI is InChI=1S/C19H21NO/c21-18(19(13-14-19)17-11-5-2-6-12-17)20-15-7-10-16-8-3-1-4-9-16/h1-6,8-9,11-12H,7,10,13-15H2,(H,20,21). The van der Waals surface area contributed by atoms with Gasteiger partial charge in [0.15, 0.2) is 0 Å². The maximum absolute atomic E-state index is 12.4. The van der Waals surface area contributed by atoms with Crippen molar-refractivity contribution in [2.75, 3.05) is 6.54 Å². The molecule has 1 N–H and O–H groups in total. The van der Waals surface area contributed by atoms with Crippen LogP contribution in [0, 0.1) is 0 Å². The monoisotopic (exact) mass is 279 g/mol. The van der Waals surface area contributed by atoms with Crippen LogP contribution in [0.3, 0.4) is 0 Å². The molecule has 1 aliphatic rings. The van der Waals surface area contributed by atoms with Gasteiger partial charge in [0, 0.05) is 6.54 Å². The number of amides is 1. The van der Waals surface area contributed by atoms with Gasteiger partial charge in [-0.25, -0.2) is 0 Å². The summed E-state index contributed by atoms with van der Waals surface area (Å²) in [6.45, 7) is 0.752. The van der Waals surface area contributed by atoms with Gasteiger partial charge in [-0.15, -0.1) is 0 Å². The molecule has 0 aliphatic heterocycles. The van der Waals surface area contributed by atoms with E-state index < -0.39 is 0 Å². The van der Waals surface area contributed by atoms with Crippen LogP contribution in [-0.2, 0) is 16.6 Å². The first-order chi connectivity index (χ1) is 10.3. The molecule has 2 aromatic carbocycles. The van der Waals surface area contributed by atoms with Crippen LogP contribution in [0.5, 0.6) is 0 Å². The molecule has 21 heavy (non-hydrogen) atoms. The molecule has 3 rings (SSSR count). The molecule has 1 saturated carbocycles. The predicted octanol–water partition coefficient (Wildman–Crippen LogP) is 3.47. The summed E-state index contributed by atoms with van der Waals surface area (Å²) in [6, 6.07) is 20.6. The van der Waals surface area contributed by atoms with Crippen LogP contribution in [0.1, 0.15) is 30.4 Å². The van der Waals surface area contributed by atoms with Crippen molar-refractivity contribution in [3.63, 3.8) is 0 Å². The van der Waals surface area contributed by atoms with Crippen molar-refractivity contribution in [2.24, 2.45) is 0 Å². The molecule has 1 fully saturated rings. The van der Waals surface area contributed by atoms with Crippen molar-refractivity contribution in [3.05, 3.63) is 71.8 Å². The molecule has 0 radical (unpaired) electrons. The van der Waals surface area contributed by atoms with Crippen molar-refractivity contribution < 1.29 is 4.79 Å². The van der Waals surface area contributed by atoms with Crippen LogP contribution >= 0.6 is 0 Å². The van der Waals surface area contributed by atoms with Gasteiger partial charge in [0.25, 0.3) is 0 Å². The minimum absolute atomic E-state index is 0.196. The number of nitrogens with one attached hydrogen (secondary N) is 1. The number of hydrogen-bond acceptors (Lipinski definition) is 1. The van der Waals surface area contributed by atoms with Gasteiger partial charge in [0.05, 0.1) is 5.41 Å². The summed E-state index contributed by atoms with van der Waals surface area (Å²) in [5.41, 5.74) is 2.25. The Morgan fingerprint density at radius 1 is 0.952 bits per heavy atom. The Morgan fingerprint density at radius 3 is 2.19 bits per heavy atom. The second-order valence-electron chi connectivity index (χ2n) is 5.79. The van der Waals surface area contributed by atoms with Crippen LogP contribution in [0.4, 0.5) is 0 Å². The van der Waals surface area contributed by atoms with Gasteiger partial charge in [-0.2, -0.15) is 0 Å². The first kappa shape index (κ1) is 13.9. The minimum atomic E-state index is -0.242. The van der Waals surface area contributed by atoms with Gasteiger partial charge in [-0.3, -0.25) is 4.79 Å². The molecular formula is C19H21NO. The third kappa shape index (κ3) is 3.15. The molecule has 1 aliphatic carbocycles. The first-order valence-electron chi connectivity index (χ1n) is 7.69. The van der Waals surface area contributed by atoms with E-state index in [9.17, 15) is 4.79 Å². The van der Waals surface area contributed by atoms with Gasteiger partial charge in [0.1, 0.15) is 0 Å². The lowest BCUT2D eigenvalue weighted by Crippen LogP contribution is -2.35. The highest BCUT2D eigenvalue weighted by Crippen LogP contribution is 2.48. The lowest BCUT2D eigenvalue weighted by atomic mass is 9.95. The van der Waals surface area contributed by atoms with Crippen LogP contribution < -0.4 is 5.32 Å². The van der Waals surface area contributed by atoms with Crippen molar-refractivity contribution in [3.8, 4) is 0 Å². The van der Waals surface area contributed by atoms with Crippen molar-refractivity contribution >= 4 is 5.91 Å². The zero-order valence-electron chi connectivity index (χ0n) is 12.2. The molecule has 108 valence electrons. The maximum Gasteiger partial charge on any atom is 0.230 e. The maximum atomic E-state index is 12.4. The summed E-state index contributed by atoms with van der Waals surface area (Å²) in [5, 5.41) is 3.12. The van der Waals surface area contributed by atoms with Crippen LogP contribution in [-0.4, -0.2) is 12.5 Å². The molecule has 0 saturated heterocycles. The SMILES string of the molecule is O=C(NCCCc1ccccc1)C1(c2ccccc2)CC1. The molecule has 0 heterocycles. The molecular weight excluding hydrogens is 258 g/mol. The number of carbonyl (C=O) groups excluding carboxylic acids is 1. The second-order valence-corrected chi connectivity index (χ2v) is 5.79. The summed E-state index contributed by atoms with van der Waals surface area (Å²) in [4.78, 5) is 12.4. The quantitative estimate of drug-likeness (QED) is 0.806. The van der Waals surface area contributed by atoms with E-state index in [4.69, 9.17) is 0 Å². The van der Waals surface area contributed by atoms with E-state index in [2.05, 4.69) is 41.7 Å². The van der Waals surface area contributed by atoms with E-state index in [0.717, 1.165) is 37.8 Å². The summed E-state index contributed by atoms with van der Waals surface area (Å²) in [7, 11) is 0. The molecule has 2 nitrogen and oxygen atoms in total. The molecule has 2 heteroatoms. The van der Waals surface area contributed by atoms with E-state index >= 15 is 0 Å². The molecule has 0 unspecified atom stereocenters. The molecule has 0 bridgehead atoms. The summed E-state index contributed by atoms with van der Waals surface area (Å²) >= 11 is 0. The molecule has 1 amide bonds. The number of carbonyl (C=O) groups is 1. The van der Waals surface area contributed by atoms with Gasteiger partial charge in [-0.1, -0.05) is 60.7 Å². The molecule has 0 aromatic heterocycles. The van der Waals surface area contributed by atoms with Crippen LogP contribution in [0.15, 0.2) is 60.7 Å². The lowest BCUT2D eigenvalue weighted by molar-refractivity contribution is -0.123. The largest absolute Gasteiger partial charge is 0.355 e. The number of aryl methyl sites for hydroxylation is 1. The second kappa shape index (κ2) is 6.13. The Balaban J connectivity index is 1.49. The lowest BCUT2D eigenvalue weighted by Gasteiger charge is -2.15. The summed E-state index contributed by atoms with van der Waals surface area (Å²) in [6.07, 6.45) is 3.95. The number of rotatable bonds is 6. The fourth-order valence-electron chi connectivity index (χ4n) is 2.84. The molecule has 0 atom stereocenters. The Bertz CT molecular complexity index is 587. The van der Waals surface area contributed by atoms with E-state index in [0.29, 0.717) is 0 Å². The predicted molar refractivity (Wildman–Crippen MR) is 85.1 cm³/mol. The average molecular weight is 279 g/mol. The summed E-state index contributed by atoms with van der Waals surface area (Å²) < 4.78 is 0. The molecule has 0 spiro atoms. The average Bonchev–Trinajstić information content (AvgIpc) is 3.35. The van der Waals surface area contributed by atoms with E-state index in [-0.39, 0.29) is 11.3 Å². The van der Waals surface area contributed by atoms with Crippen LogP contribution in [0.25, 0.3) is 0 Å². The number of hydrogen-bond donors (Lipinski definition) is 1. The van der Waals surface area contributed by atoms with Crippen molar-refractivity contribution in [1.82, 2.24) is 5.32 Å². The van der Waals surface area contributed by atoms with Gasteiger partial charge >= 0.3 is 0 Å². The normalized spacial score (nSPS) is 15.4. The fourth-order valence-corrected chi connectivity index (χ4v) is 2.84. The van der Waals surface area contributed by atoms with Gasteiger partial charge in [0.2, 0.25) is 5.91 Å². The van der Waals surface area contributed by atoms with Gasteiger partial charge < -0.3 is 5.32 Å². The Kier molecular flexibility index (Phi) is 4.05. The summed E-state index contributed by atoms with van der Waals surface area (Å²) in [5.74, 6) is 0.196.